The predicted molar refractivity (Wildman–Crippen MR) is 110 cm³/mol. The van der Waals surface area contributed by atoms with Crippen LogP contribution in [0.5, 0.6) is 0 Å². The maximum atomic E-state index is 4.67. The van der Waals surface area contributed by atoms with Gasteiger partial charge in [-0.05, 0) is 36.3 Å². The molecule has 1 saturated heterocycles. The first-order valence-corrected chi connectivity index (χ1v) is 9.46. The van der Waals surface area contributed by atoms with Crippen molar-refractivity contribution in [1.29, 1.82) is 0 Å². The standard InChI is InChI=1S/C20H31N5.ClH/c1-15(2)20-18(14-24(4)23-20)13-21-11-17-5-6-19(22-12-17)25-9-7-16(3)8-10-25;/h5-6,12,14-16,21H,7-11,13H2,1-4H3;1H. The number of pyridine rings is 1. The molecule has 26 heavy (non-hydrogen) atoms. The van der Waals surface area contributed by atoms with Crippen LogP contribution in [0, 0.1) is 5.92 Å². The highest BCUT2D eigenvalue weighted by atomic mass is 35.5. The first kappa shape index (κ1) is 20.7. The van der Waals surface area contributed by atoms with Gasteiger partial charge in [0.2, 0.25) is 0 Å². The average molecular weight is 378 g/mol. The Hall–Kier alpha value is -1.59. The van der Waals surface area contributed by atoms with Crippen LogP contribution in [-0.4, -0.2) is 27.9 Å². The third kappa shape index (κ3) is 5.21. The van der Waals surface area contributed by atoms with Crippen LogP contribution in [-0.2, 0) is 20.1 Å². The molecule has 6 heteroatoms. The van der Waals surface area contributed by atoms with Crippen LogP contribution in [0.1, 0.15) is 56.4 Å². The van der Waals surface area contributed by atoms with Gasteiger partial charge in [0.25, 0.3) is 0 Å². The highest BCUT2D eigenvalue weighted by molar-refractivity contribution is 5.85. The van der Waals surface area contributed by atoms with Crippen LogP contribution in [0.2, 0.25) is 0 Å². The van der Waals surface area contributed by atoms with Gasteiger partial charge in [0.1, 0.15) is 5.82 Å². The SMILES string of the molecule is CC1CCN(c2ccc(CNCc3cn(C)nc3C(C)C)cn2)CC1.Cl. The van der Waals surface area contributed by atoms with Crippen LogP contribution in [0.25, 0.3) is 0 Å². The molecule has 0 saturated carbocycles. The lowest BCUT2D eigenvalue weighted by molar-refractivity contribution is 0.436. The molecule has 1 fully saturated rings. The maximum absolute atomic E-state index is 4.67. The van der Waals surface area contributed by atoms with Crippen LogP contribution >= 0.6 is 12.4 Å². The van der Waals surface area contributed by atoms with Crippen molar-refractivity contribution < 1.29 is 0 Å². The molecule has 2 aromatic rings. The fourth-order valence-corrected chi connectivity index (χ4v) is 3.46. The van der Waals surface area contributed by atoms with E-state index >= 15 is 0 Å². The van der Waals surface area contributed by atoms with E-state index in [1.54, 1.807) is 0 Å². The molecule has 0 aromatic carbocycles. The molecule has 0 amide bonds. The summed E-state index contributed by atoms with van der Waals surface area (Å²) < 4.78 is 1.90. The highest BCUT2D eigenvalue weighted by Gasteiger charge is 2.16. The first-order chi connectivity index (χ1) is 12.0. The minimum absolute atomic E-state index is 0. The van der Waals surface area contributed by atoms with Crippen molar-refractivity contribution in [2.45, 2.75) is 52.6 Å². The summed E-state index contributed by atoms with van der Waals surface area (Å²) in [5, 5.41) is 8.09. The summed E-state index contributed by atoms with van der Waals surface area (Å²) in [6.07, 6.45) is 6.66. The topological polar surface area (TPSA) is 46.0 Å². The van der Waals surface area contributed by atoms with E-state index in [1.807, 2.05) is 17.9 Å². The number of rotatable bonds is 6. The molecule has 1 aliphatic heterocycles. The number of anilines is 1. The van der Waals surface area contributed by atoms with E-state index in [1.165, 1.54) is 29.7 Å². The van der Waals surface area contributed by atoms with Crippen molar-refractivity contribution in [2.75, 3.05) is 18.0 Å². The molecule has 3 rings (SSSR count). The molecule has 5 nitrogen and oxygen atoms in total. The van der Waals surface area contributed by atoms with E-state index in [-0.39, 0.29) is 12.4 Å². The number of nitrogens with one attached hydrogen (secondary N) is 1. The Bertz CT molecular complexity index is 672. The van der Waals surface area contributed by atoms with E-state index in [4.69, 9.17) is 0 Å². The lowest BCUT2D eigenvalue weighted by Gasteiger charge is -2.31. The zero-order valence-corrected chi connectivity index (χ0v) is 17.2. The third-order valence-electron chi connectivity index (χ3n) is 5.05. The zero-order chi connectivity index (χ0) is 17.8. The summed E-state index contributed by atoms with van der Waals surface area (Å²) in [7, 11) is 1.99. The van der Waals surface area contributed by atoms with Crippen molar-refractivity contribution in [2.24, 2.45) is 13.0 Å². The number of hydrogen-bond acceptors (Lipinski definition) is 4. The van der Waals surface area contributed by atoms with E-state index in [0.29, 0.717) is 5.92 Å². The lowest BCUT2D eigenvalue weighted by atomic mass is 9.99. The fourth-order valence-electron chi connectivity index (χ4n) is 3.46. The van der Waals surface area contributed by atoms with Gasteiger partial charge in [0.05, 0.1) is 5.69 Å². The van der Waals surface area contributed by atoms with Gasteiger partial charge in [-0.3, -0.25) is 4.68 Å². The van der Waals surface area contributed by atoms with E-state index in [2.05, 4.69) is 59.4 Å². The number of halogens is 1. The Labute approximate surface area is 163 Å². The highest BCUT2D eigenvalue weighted by Crippen LogP contribution is 2.21. The quantitative estimate of drug-likeness (QED) is 0.829. The predicted octanol–water partition coefficient (Wildman–Crippen LogP) is 3.89. The molecule has 1 aliphatic rings. The minimum atomic E-state index is 0. The largest absolute Gasteiger partial charge is 0.357 e. The van der Waals surface area contributed by atoms with E-state index < -0.39 is 0 Å². The Morgan fingerprint density at radius 1 is 1.19 bits per heavy atom. The molecule has 0 atom stereocenters. The van der Waals surface area contributed by atoms with Gasteiger partial charge in [-0.1, -0.05) is 26.8 Å². The summed E-state index contributed by atoms with van der Waals surface area (Å²) in [5.74, 6) is 2.42. The van der Waals surface area contributed by atoms with Gasteiger partial charge in [-0.2, -0.15) is 5.10 Å². The summed E-state index contributed by atoms with van der Waals surface area (Å²) in [6, 6.07) is 4.36. The normalized spacial score (nSPS) is 15.3. The average Bonchev–Trinajstić information content (AvgIpc) is 2.97. The van der Waals surface area contributed by atoms with Gasteiger partial charge in [-0.25, -0.2) is 4.98 Å². The molecule has 3 heterocycles. The summed E-state index contributed by atoms with van der Waals surface area (Å²) in [6.45, 7) is 10.7. The zero-order valence-electron chi connectivity index (χ0n) is 16.4. The second-order valence-corrected chi connectivity index (χ2v) is 7.67. The van der Waals surface area contributed by atoms with Gasteiger partial charge < -0.3 is 10.2 Å². The third-order valence-corrected chi connectivity index (χ3v) is 5.05. The summed E-state index contributed by atoms with van der Waals surface area (Å²) in [4.78, 5) is 7.08. The van der Waals surface area contributed by atoms with Crippen molar-refractivity contribution in [3.63, 3.8) is 0 Å². The van der Waals surface area contributed by atoms with Gasteiger partial charge in [-0.15, -0.1) is 12.4 Å². The maximum Gasteiger partial charge on any atom is 0.128 e. The monoisotopic (exact) mass is 377 g/mol. The Morgan fingerprint density at radius 3 is 2.54 bits per heavy atom. The number of nitrogens with zero attached hydrogens (tertiary/aromatic N) is 4. The van der Waals surface area contributed by atoms with Crippen molar-refractivity contribution >= 4 is 18.2 Å². The fraction of sp³-hybridized carbons (Fsp3) is 0.600. The van der Waals surface area contributed by atoms with Gasteiger partial charge >= 0.3 is 0 Å². The van der Waals surface area contributed by atoms with Crippen molar-refractivity contribution in [1.82, 2.24) is 20.1 Å². The van der Waals surface area contributed by atoms with Crippen LogP contribution in [0.3, 0.4) is 0 Å². The van der Waals surface area contributed by atoms with Crippen LogP contribution < -0.4 is 10.2 Å². The number of aryl methyl sites for hydroxylation is 1. The Morgan fingerprint density at radius 2 is 1.92 bits per heavy atom. The summed E-state index contributed by atoms with van der Waals surface area (Å²) >= 11 is 0. The molecule has 0 spiro atoms. The van der Waals surface area contributed by atoms with Crippen molar-refractivity contribution in [3.05, 3.63) is 41.3 Å². The molecule has 144 valence electrons. The van der Waals surface area contributed by atoms with Crippen LogP contribution in [0.4, 0.5) is 5.82 Å². The molecule has 2 aromatic heterocycles. The molecule has 1 N–H and O–H groups in total. The van der Waals surface area contributed by atoms with Gasteiger partial charge in [0, 0.05) is 51.2 Å². The smallest absolute Gasteiger partial charge is 0.128 e. The van der Waals surface area contributed by atoms with Gasteiger partial charge in [0.15, 0.2) is 0 Å². The second-order valence-electron chi connectivity index (χ2n) is 7.67. The van der Waals surface area contributed by atoms with E-state index in [9.17, 15) is 0 Å². The Balaban J connectivity index is 0.00000243. The van der Waals surface area contributed by atoms with Crippen molar-refractivity contribution in [3.8, 4) is 0 Å². The molecule has 0 aliphatic carbocycles. The van der Waals surface area contributed by atoms with E-state index in [0.717, 1.165) is 37.9 Å². The minimum Gasteiger partial charge on any atom is -0.357 e. The number of piperidine rings is 1. The Kier molecular flexibility index (Phi) is 7.47. The van der Waals surface area contributed by atoms with Crippen LogP contribution in [0.15, 0.2) is 24.5 Å². The lowest BCUT2D eigenvalue weighted by Crippen LogP contribution is -2.33. The molecule has 0 bridgehead atoms. The second kappa shape index (κ2) is 9.38. The first-order valence-electron chi connectivity index (χ1n) is 9.46. The summed E-state index contributed by atoms with van der Waals surface area (Å²) in [5.41, 5.74) is 3.69. The molecular weight excluding hydrogens is 346 g/mol. The molecular formula is C20H32ClN5. The number of aromatic nitrogens is 3. The molecule has 0 unspecified atom stereocenters. The number of hydrogen-bond donors (Lipinski definition) is 1. The molecule has 0 radical (unpaired) electrons.